The zero-order valence-corrected chi connectivity index (χ0v) is 17.7. The van der Waals surface area contributed by atoms with E-state index in [-0.39, 0.29) is 17.9 Å². The molecule has 0 saturated heterocycles. The molecule has 0 aliphatic rings. The molecule has 29 heavy (non-hydrogen) atoms. The van der Waals surface area contributed by atoms with Crippen molar-refractivity contribution in [1.29, 1.82) is 0 Å². The summed E-state index contributed by atoms with van der Waals surface area (Å²) >= 11 is 0. The second-order valence-corrected chi connectivity index (χ2v) is 6.98. The minimum atomic E-state index is -0.216. The molecular formula is C22H30N3O4+. The van der Waals surface area contributed by atoms with Crippen molar-refractivity contribution >= 4 is 11.8 Å². The maximum atomic E-state index is 12.5. The average molecular weight is 400 g/mol. The predicted molar refractivity (Wildman–Crippen MR) is 111 cm³/mol. The molecule has 3 N–H and O–H groups in total. The molecule has 2 aromatic rings. The summed E-state index contributed by atoms with van der Waals surface area (Å²) in [5.41, 5.74) is 2.54. The summed E-state index contributed by atoms with van der Waals surface area (Å²) in [6.07, 6.45) is 0. The molecule has 0 aliphatic carbocycles. The van der Waals surface area contributed by atoms with Crippen molar-refractivity contribution in [1.82, 2.24) is 10.6 Å². The Kier molecular flexibility index (Phi) is 8.03. The van der Waals surface area contributed by atoms with Gasteiger partial charge in [0.25, 0.3) is 11.8 Å². The van der Waals surface area contributed by atoms with E-state index in [0.29, 0.717) is 30.2 Å². The summed E-state index contributed by atoms with van der Waals surface area (Å²) in [6.45, 7) is 2.92. The van der Waals surface area contributed by atoms with E-state index in [1.54, 1.807) is 33.4 Å². The van der Waals surface area contributed by atoms with E-state index in [1.165, 1.54) is 0 Å². The Balaban J connectivity index is 1.93. The van der Waals surface area contributed by atoms with Crippen molar-refractivity contribution in [2.75, 3.05) is 34.9 Å². The summed E-state index contributed by atoms with van der Waals surface area (Å²) in [7, 11) is 6.78. The van der Waals surface area contributed by atoms with Gasteiger partial charge in [-0.15, -0.1) is 0 Å². The molecule has 0 aromatic heterocycles. The highest BCUT2D eigenvalue weighted by Crippen LogP contribution is 2.29. The number of hydrogen-bond donors (Lipinski definition) is 3. The van der Waals surface area contributed by atoms with Gasteiger partial charge in [-0.05, 0) is 37.3 Å². The van der Waals surface area contributed by atoms with Crippen LogP contribution < -0.4 is 25.0 Å². The van der Waals surface area contributed by atoms with Gasteiger partial charge in [-0.1, -0.05) is 12.1 Å². The molecule has 1 unspecified atom stereocenters. The zero-order chi connectivity index (χ0) is 21.4. The smallest absolute Gasteiger partial charge is 0.275 e. The van der Waals surface area contributed by atoms with Gasteiger partial charge in [0.05, 0.1) is 27.3 Å². The van der Waals surface area contributed by atoms with Crippen molar-refractivity contribution in [3.8, 4) is 11.5 Å². The third kappa shape index (κ3) is 6.22. The predicted octanol–water partition coefficient (Wildman–Crippen LogP) is 0.956. The standard InChI is InChI=1S/C22H29N3O4/c1-15(19-12-18(28-4)10-11-20(19)29-5)24-21(26)14-25(3)13-16-6-8-17(9-7-16)22(27)23-2/h6-12,15H,13-14H2,1-5H3,(H,23,27)(H,24,26)/p+1/t15-/m0/s1. The maximum Gasteiger partial charge on any atom is 0.275 e. The number of benzene rings is 2. The molecule has 2 rings (SSSR count). The van der Waals surface area contributed by atoms with Crippen LogP contribution in [0.5, 0.6) is 11.5 Å². The van der Waals surface area contributed by atoms with E-state index in [2.05, 4.69) is 10.6 Å². The molecule has 2 atom stereocenters. The van der Waals surface area contributed by atoms with Crippen LogP contribution in [-0.2, 0) is 11.3 Å². The summed E-state index contributed by atoms with van der Waals surface area (Å²) < 4.78 is 10.7. The second kappa shape index (κ2) is 10.5. The SMILES string of the molecule is CNC(=O)c1ccc(C[NH+](C)CC(=O)N[C@@H](C)c2cc(OC)ccc2OC)cc1. The first-order valence-electron chi connectivity index (χ1n) is 9.51. The number of methoxy groups -OCH3 is 2. The van der Waals surface area contributed by atoms with Crippen LogP contribution in [0.2, 0.25) is 0 Å². The Labute approximate surface area is 172 Å². The van der Waals surface area contributed by atoms with E-state index in [9.17, 15) is 9.59 Å². The number of hydrogen-bond acceptors (Lipinski definition) is 4. The molecule has 0 spiro atoms. The monoisotopic (exact) mass is 400 g/mol. The third-order valence-corrected chi connectivity index (χ3v) is 4.69. The number of carbonyl (C=O) groups excluding carboxylic acids is 2. The van der Waals surface area contributed by atoms with Crippen molar-refractivity contribution in [2.24, 2.45) is 0 Å². The van der Waals surface area contributed by atoms with Gasteiger partial charge in [-0.2, -0.15) is 0 Å². The fraction of sp³-hybridized carbons (Fsp3) is 0.364. The van der Waals surface area contributed by atoms with Crippen molar-refractivity contribution < 1.29 is 24.0 Å². The summed E-state index contributed by atoms with van der Waals surface area (Å²) in [5.74, 6) is 1.25. The van der Waals surface area contributed by atoms with Crippen LogP contribution in [0.25, 0.3) is 0 Å². The average Bonchev–Trinajstić information content (AvgIpc) is 2.72. The Bertz CT molecular complexity index is 836. The fourth-order valence-corrected chi connectivity index (χ4v) is 3.15. The van der Waals surface area contributed by atoms with Gasteiger partial charge in [-0.3, -0.25) is 9.59 Å². The van der Waals surface area contributed by atoms with E-state index in [0.717, 1.165) is 16.0 Å². The minimum absolute atomic E-state index is 0.0538. The van der Waals surface area contributed by atoms with Crippen LogP contribution >= 0.6 is 0 Å². The van der Waals surface area contributed by atoms with Gasteiger partial charge in [0.2, 0.25) is 0 Å². The molecule has 0 bridgehead atoms. The van der Waals surface area contributed by atoms with Gasteiger partial charge < -0.3 is 25.0 Å². The molecule has 0 aliphatic heterocycles. The highest BCUT2D eigenvalue weighted by Gasteiger charge is 2.18. The first-order valence-corrected chi connectivity index (χ1v) is 9.51. The molecule has 7 nitrogen and oxygen atoms in total. The summed E-state index contributed by atoms with van der Waals surface area (Å²) in [4.78, 5) is 25.2. The maximum absolute atomic E-state index is 12.5. The normalized spacial score (nSPS) is 12.6. The number of quaternary nitrogens is 1. The number of nitrogens with one attached hydrogen (secondary N) is 3. The van der Waals surface area contributed by atoms with Crippen LogP contribution in [0.3, 0.4) is 0 Å². The molecule has 7 heteroatoms. The van der Waals surface area contributed by atoms with Crippen molar-refractivity contribution in [3.63, 3.8) is 0 Å². The van der Waals surface area contributed by atoms with E-state index < -0.39 is 0 Å². The Morgan fingerprint density at radius 3 is 2.34 bits per heavy atom. The fourth-order valence-electron chi connectivity index (χ4n) is 3.15. The summed E-state index contributed by atoms with van der Waals surface area (Å²) in [5, 5.41) is 5.62. The second-order valence-electron chi connectivity index (χ2n) is 6.98. The van der Waals surface area contributed by atoms with Gasteiger partial charge in [-0.25, -0.2) is 0 Å². The number of rotatable bonds is 9. The van der Waals surface area contributed by atoms with E-state index in [4.69, 9.17) is 9.47 Å². The lowest BCUT2D eigenvalue weighted by Crippen LogP contribution is -3.08. The molecule has 0 saturated carbocycles. The molecule has 2 aromatic carbocycles. The largest absolute Gasteiger partial charge is 0.497 e. The number of ether oxygens (including phenoxy) is 2. The van der Waals surface area contributed by atoms with Crippen LogP contribution in [0.1, 0.15) is 34.5 Å². The topological polar surface area (TPSA) is 81.1 Å². The first kappa shape index (κ1) is 22.2. The Hall–Kier alpha value is -3.06. The lowest BCUT2D eigenvalue weighted by atomic mass is 10.1. The molecule has 0 fully saturated rings. The van der Waals surface area contributed by atoms with Gasteiger partial charge >= 0.3 is 0 Å². The third-order valence-electron chi connectivity index (χ3n) is 4.69. The lowest BCUT2D eigenvalue weighted by Gasteiger charge is -2.20. The number of likely N-dealkylation sites (N-methyl/N-ethyl adjacent to an activating group) is 1. The molecule has 2 amide bonds. The number of carbonyl (C=O) groups is 2. The zero-order valence-electron chi connectivity index (χ0n) is 17.7. The minimum Gasteiger partial charge on any atom is -0.497 e. The quantitative estimate of drug-likeness (QED) is 0.586. The van der Waals surface area contributed by atoms with Gasteiger partial charge in [0, 0.05) is 23.7 Å². The first-order chi connectivity index (χ1) is 13.9. The van der Waals surface area contributed by atoms with E-state index >= 15 is 0 Å². The molecule has 156 valence electrons. The lowest BCUT2D eigenvalue weighted by molar-refractivity contribution is -0.885. The molecule has 0 heterocycles. The summed E-state index contributed by atoms with van der Waals surface area (Å²) in [6, 6.07) is 12.7. The van der Waals surface area contributed by atoms with Crippen LogP contribution in [0, 0.1) is 0 Å². The highest BCUT2D eigenvalue weighted by atomic mass is 16.5. The number of amides is 2. The highest BCUT2D eigenvalue weighted by molar-refractivity contribution is 5.93. The van der Waals surface area contributed by atoms with E-state index in [1.807, 2.05) is 44.3 Å². The molecule has 0 radical (unpaired) electrons. The molecular weight excluding hydrogens is 370 g/mol. The van der Waals surface area contributed by atoms with Crippen LogP contribution in [-0.4, -0.2) is 46.7 Å². The van der Waals surface area contributed by atoms with Crippen molar-refractivity contribution in [3.05, 3.63) is 59.2 Å². The Morgan fingerprint density at radius 1 is 1.07 bits per heavy atom. The van der Waals surface area contributed by atoms with Gasteiger partial charge in [0.1, 0.15) is 18.0 Å². The van der Waals surface area contributed by atoms with Crippen molar-refractivity contribution in [2.45, 2.75) is 19.5 Å². The Morgan fingerprint density at radius 2 is 1.76 bits per heavy atom. The van der Waals surface area contributed by atoms with Crippen LogP contribution in [0.15, 0.2) is 42.5 Å². The van der Waals surface area contributed by atoms with Gasteiger partial charge in [0.15, 0.2) is 6.54 Å². The van der Waals surface area contributed by atoms with Crippen LogP contribution in [0.4, 0.5) is 0 Å².